The Hall–Kier alpha value is -0.440. The van der Waals surface area contributed by atoms with Crippen molar-refractivity contribution < 1.29 is 4.79 Å². The number of fused-ring (bicyclic) bond motifs is 1. The summed E-state index contributed by atoms with van der Waals surface area (Å²) in [6.45, 7) is 3.84. The van der Waals surface area contributed by atoms with Gasteiger partial charge in [-0.05, 0) is 6.42 Å². The van der Waals surface area contributed by atoms with Gasteiger partial charge in [0.1, 0.15) is 0 Å². The molecule has 0 N–H and O–H groups in total. The number of hydrogen-bond donors (Lipinski definition) is 0. The van der Waals surface area contributed by atoms with Gasteiger partial charge >= 0.3 is 0 Å². The van der Waals surface area contributed by atoms with Crippen LogP contribution in [0.1, 0.15) is 12.8 Å². The lowest BCUT2D eigenvalue weighted by atomic mass is 10.1. The van der Waals surface area contributed by atoms with Crippen LogP contribution >= 0.6 is 11.8 Å². The molecule has 0 bridgehead atoms. The molecule has 0 aromatic carbocycles. The van der Waals surface area contributed by atoms with Crippen molar-refractivity contribution in [3.63, 3.8) is 0 Å². The lowest BCUT2D eigenvalue weighted by molar-refractivity contribution is -0.138. The van der Waals surface area contributed by atoms with Crippen LogP contribution < -0.4 is 0 Å². The maximum atomic E-state index is 10.9. The Morgan fingerprint density at radius 1 is 1.70 bits per heavy atom. The van der Waals surface area contributed by atoms with Crippen molar-refractivity contribution in [3.8, 4) is 0 Å². The first-order valence-corrected chi connectivity index (χ1v) is 4.45. The lowest BCUT2D eigenvalue weighted by Gasteiger charge is -2.44. The van der Waals surface area contributed by atoms with Gasteiger partial charge in [0.15, 0.2) is 0 Å². The molecule has 0 saturated carbocycles. The van der Waals surface area contributed by atoms with E-state index in [1.54, 1.807) is 0 Å². The molecule has 0 spiro atoms. The number of carbonyl (C=O) groups excluding carboxylic acids is 1. The Morgan fingerprint density at radius 2 is 2.50 bits per heavy atom. The molecule has 2 aliphatic rings. The van der Waals surface area contributed by atoms with E-state index in [2.05, 4.69) is 6.58 Å². The summed E-state index contributed by atoms with van der Waals surface area (Å²) in [7, 11) is 0. The van der Waals surface area contributed by atoms with Crippen LogP contribution in [-0.2, 0) is 4.79 Å². The summed E-state index contributed by atoms with van der Waals surface area (Å²) in [5, 5.41) is 0.439. The number of thioether (sulfide) groups is 1. The molecule has 1 amide bonds. The van der Waals surface area contributed by atoms with Gasteiger partial charge < -0.3 is 4.90 Å². The summed E-state index contributed by atoms with van der Waals surface area (Å²) in [6.07, 6.45) is 1.70. The van der Waals surface area contributed by atoms with Gasteiger partial charge in [0.2, 0.25) is 5.91 Å². The van der Waals surface area contributed by atoms with Crippen LogP contribution in [0.25, 0.3) is 0 Å². The molecule has 0 unspecified atom stereocenters. The highest BCUT2D eigenvalue weighted by molar-refractivity contribution is 8.00. The van der Waals surface area contributed by atoms with Gasteiger partial charge in [-0.15, -0.1) is 11.8 Å². The molecule has 2 fully saturated rings. The number of amides is 1. The first-order valence-electron chi connectivity index (χ1n) is 3.40. The standard InChI is InChI=1S/C7H9NOS/c1-5-2-3-10-7-4-6(9)8(5)7/h7H,1-4H2/t7-/m1/s1. The fourth-order valence-electron chi connectivity index (χ4n) is 1.33. The largest absolute Gasteiger partial charge is 0.304 e. The summed E-state index contributed by atoms with van der Waals surface area (Å²) >= 11 is 1.86. The molecule has 0 aliphatic carbocycles. The maximum absolute atomic E-state index is 10.9. The highest BCUT2D eigenvalue weighted by Crippen LogP contribution is 2.38. The minimum Gasteiger partial charge on any atom is -0.304 e. The van der Waals surface area contributed by atoms with Crippen LogP contribution in [0, 0.1) is 0 Å². The van der Waals surface area contributed by atoms with Gasteiger partial charge in [0, 0.05) is 11.4 Å². The van der Waals surface area contributed by atoms with Gasteiger partial charge in [-0.3, -0.25) is 4.79 Å². The van der Waals surface area contributed by atoms with Crippen molar-refractivity contribution in [1.82, 2.24) is 4.90 Å². The number of rotatable bonds is 0. The van der Waals surface area contributed by atoms with Gasteiger partial charge in [-0.1, -0.05) is 6.58 Å². The van der Waals surface area contributed by atoms with Crippen LogP contribution in [0.5, 0.6) is 0 Å². The first-order chi connectivity index (χ1) is 4.79. The van der Waals surface area contributed by atoms with E-state index < -0.39 is 0 Å². The molecule has 2 heterocycles. The monoisotopic (exact) mass is 155 g/mol. The predicted octanol–water partition coefficient (Wildman–Crippen LogP) is 1.20. The summed E-state index contributed by atoms with van der Waals surface area (Å²) in [5.41, 5.74) is 1.01. The number of β-lactam (4-membered cyclic amide) rings is 1. The predicted molar refractivity (Wildman–Crippen MR) is 41.5 cm³/mol. The highest BCUT2D eigenvalue weighted by atomic mass is 32.2. The molecular weight excluding hydrogens is 146 g/mol. The van der Waals surface area contributed by atoms with E-state index in [4.69, 9.17) is 0 Å². The van der Waals surface area contributed by atoms with E-state index in [1.165, 1.54) is 0 Å². The molecule has 0 aromatic rings. The minimum absolute atomic E-state index is 0.252. The zero-order valence-electron chi connectivity index (χ0n) is 5.67. The van der Waals surface area contributed by atoms with E-state index in [0.29, 0.717) is 5.37 Å². The molecule has 1 atom stereocenters. The normalized spacial score (nSPS) is 31.6. The average molecular weight is 155 g/mol. The number of hydrogen-bond acceptors (Lipinski definition) is 2. The van der Waals surface area contributed by atoms with E-state index in [0.717, 1.165) is 24.3 Å². The molecule has 2 nitrogen and oxygen atoms in total. The van der Waals surface area contributed by atoms with Crippen molar-refractivity contribution in [1.29, 1.82) is 0 Å². The van der Waals surface area contributed by atoms with Gasteiger partial charge in [0.05, 0.1) is 11.8 Å². The molecule has 54 valence electrons. The summed E-state index contributed by atoms with van der Waals surface area (Å²) in [6, 6.07) is 0. The molecule has 10 heavy (non-hydrogen) atoms. The van der Waals surface area contributed by atoms with Crippen molar-refractivity contribution in [2.75, 3.05) is 5.75 Å². The fraction of sp³-hybridized carbons (Fsp3) is 0.571. The molecule has 2 rings (SSSR count). The molecule has 2 saturated heterocycles. The van der Waals surface area contributed by atoms with Crippen LogP contribution in [0.15, 0.2) is 12.3 Å². The number of carbonyl (C=O) groups is 1. The topological polar surface area (TPSA) is 20.3 Å². The van der Waals surface area contributed by atoms with Crippen LogP contribution in [0.2, 0.25) is 0 Å². The van der Waals surface area contributed by atoms with E-state index in [1.807, 2.05) is 16.7 Å². The molecule has 0 aromatic heterocycles. The third-order valence-corrected chi connectivity index (χ3v) is 3.15. The summed E-state index contributed by atoms with van der Waals surface area (Å²) in [4.78, 5) is 12.8. The third kappa shape index (κ3) is 0.700. The van der Waals surface area contributed by atoms with Gasteiger partial charge in [-0.25, -0.2) is 0 Å². The third-order valence-electron chi connectivity index (χ3n) is 1.95. The summed E-state index contributed by atoms with van der Waals surface area (Å²) < 4.78 is 0. The lowest BCUT2D eigenvalue weighted by Crippen LogP contribution is -2.51. The summed E-state index contributed by atoms with van der Waals surface area (Å²) in [5.74, 6) is 1.38. The van der Waals surface area contributed by atoms with Crippen LogP contribution in [0.4, 0.5) is 0 Å². The van der Waals surface area contributed by atoms with Crippen LogP contribution in [0.3, 0.4) is 0 Å². The van der Waals surface area contributed by atoms with E-state index in [-0.39, 0.29) is 5.91 Å². The molecule has 3 heteroatoms. The van der Waals surface area contributed by atoms with Crippen molar-refractivity contribution in [3.05, 3.63) is 12.3 Å². The smallest absolute Gasteiger partial charge is 0.230 e. The minimum atomic E-state index is 0.252. The van der Waals surface area contributed by atoms with E-state index in [9.17, 15) is 4.79 Å². The number of allylic oxidation sites excluding steroid dienone is 1. The Bertz CT molecular complexity index is 202. The molecule has 0 radical (unpaired) electrons. The Labute approximate surface area is 64.3 Å². The number of nitrogens with zero attached hydrogens (tertiary/aromatic N) is 1. The molecular formula is C7H9NOS. The van der Waals surface area contributed by atoms with Crippen molar-refractivity contribution >= 4 is 17.7 Å². The SMILES string of the molecule is C=C1CCS[C@@H]2CC(=O)N12. The zero-order chi connectivity index (χ0) is 7.14. The van der Waals surface area contributed by atoms with Gasteiger partial charge in [0.25, 0.3) is 0 Å². The van der Waals surface area contributed by atoms with E-state index >= 15 is 0 Å². The average Bonchev–Trinajstić information content (AvgIpc) is 1.85. The Balaban J connectivity index is 2.15. The second-order valence-corrected chi connectivity index (χ2v) is 3.90. The van der Waals surface area contributed by atoms with Crippen molar-refractivity contribution in [2.24, 2.45) is 0 Å². The van der Waals surface area contributed by atoms with Crippen LogP contribution in [-0.4, -0.2) is 21.9 Å². The van der Waals surface area contributed by atoms with Crippen molar-refractivity contribution in [2.45, 2.75) is 18.2 Å². The Morgan fingerprint density at radius 3 is 3.00 bits per heavy atom. The molecule has 2 aliphatic heterocycles. The second kappa shape index (κ2) is 2.02. The fourth-order valence-corrected chi connectivity index (χ4v) is 2.64. The highest BCUT2D eigenvalue weighted by Gasteiger charge is 2.40. The quantitative estimate of drug-likeness (QED) is 0.490. The maximum Gasteiger partial charge on any atom is 0.230 e. The second-order valence-electron chi connectivity index (χ2n) is 2.61. The van der Waals surface area contributed by atoms with Gasteiger partial charge in [-0.2, -0.15) is 0 Å². The Kier molecular flexibility index (Phi) is 1.27. The zero-order valence-corrected chi connectivity index (χ0v) is 6.49. The first kappa shape index (κ1) is 6.28.